The molecule has 2 heterocycles. The van der Waals surface area contributed by atoms with Crippen molar-refractivity contribution in [2.75, 3.05) is 0 Å². The average Bonchev–Trinajstić information content (AvgIpc) is 3.04. The van der Waals surface area contributed by atoms with Crippen LogP contribution in [-0.4, -0.2) is 21.4 Å². The van der Waals surface area contributed by atoms with Crippen molar-refractivity contribution in [3.63, 3.8) is 0 Å². The number of nitrogens with zero attached hydrogens (tertiary/aromatic N) is 2. The first kappa shape index (κ1) is 13.2. The van der Waals surface area contributed by atoms with Gasteiger partial charge in [-0.1, -0.05) is 18.2 Å². The molecule has 0 amide bonds. The van der Waals surface area contributed by atoms with Gasteiger partial charge >= 0.3 is 5.97 Å². The average molecular weight is 290 g/mol. The zero-order valence-electron chi connectivity index (χ0n) is 11.2. The Hall–Kier alpha value is -1.82. The second-order valence-electron chi connectivity index (χ2n) is 4.66. The molecule has 0 spiro atoms. The molecule has 1 aromatic heterocycles. The largest absolute Gasteiger partial charge is 0.452 e. The number of hydrogen-bond acceptors (Lipinski definition) is 6. The fourth-order valence-corrected chi connectivity index (χ4v) is 3.27. The van der Waals surface area contributed by atoms with Crippen molar-refractivity contribution >= 4 is 17.7 Å². The normalized spacial score (nSPS) is 18.6. The van der Waals surface area contributed by atoms with E-state index in [0.29, 0.717) is 18.2 Å². The van der Waals surface area contributed by atoms with E-state index >= 15 is 0 Å². The summed E-state index contributed by atoms with van der Waals surface area (Å²) >= 11 is 1.55. The third-order valence-corrected chi connectivity index (χ3v) is 4.39. The molecule has 5 nitrogen and oxygen atoms in total. The number of rotatable bonds is 3. The SMILES string of the molecule is Cc1nnc([C@@H](C)OC(=O)[C@@H]2Cc3ccccc3S2)o1. The molecule has 0 aliphatic carbocycles. The molecule has 2 aromatic rings. The molecule has 2 atom stereocenters. The van der Waals surface area contributed by atoms with E-state index in [0.717, 1.165) is 4.90 Å². The predicted octanol–water partition coefficient (Wildman–Crippen LogP) is 2.70. The van der Waals surface area contributed by atoms with Gasteiger partial charge in [0.2, 0.25) is 5.89 Å². The standard InChI is InChI=1S/C14H14N2O3S/c1-8(13-16-15-9(2)19-13)18-14(17)12-7-10-5-3-4-6-11(10)20-12/h3-6,8,12H,7H2,1-2H3/t8-,12+/m1/s1. The molecule has 1 aromatic carbocycles. The Morgan fingerprint density at radius 3 is 2.95 bits per heavy atom. The first-order valence-corrected chi connectivity index (χ1v) is 7.26. The summed E-state index contributed by atoms with van der Waals surface area (Å²) in [6.07, 6.45) is 0.183. The van der Waals surface area contributed by atoms with Crippen LogP contribution in [0.25, 0.3) is 0 Å². The zero-order chi connectivity index (χ0) is 14.1. The van der Waals surface area contributed by atoms with Crippen molar-refractivity contribution in [2.45, 2.75) is 36.5 Å². The van der Waals surface area contributed by atoms with Gasteiger partial charge in [0.05, 0.1) is 0 Å². The molecule has 0 unspecified atom stereocenters. The van der Waals surface area contributed by atoms with E-state index in [1.165, 1.54) is 5.56 Å². The monoisotopic (exact) mass is 290 g/mol. The summed E-state index contributed by atoms with van der Waals surface area (Å²) in [5.41, 5.74) is 1.20. The second kappa shape index (κ2) is 5.28. The quantitative estimate of drug-likeness (QED) is 0.810. The molecule has 0 bridgehead atoms. The maximum absolute atomic E-state index is 12.2. The van der Waals surface area contributed by atoms with E-state index < -0.39 is 6.10 Å². The molecule has 20 heavy (non-hydrogen) atoms. The summed E-state index contributed by atoms with van der Waals surface area (Å²) in [7, 11) is 0. The topological polar surface area (TPSA) is 65.2 Å². The number of aryl methyl sites for hydroxylation is 1. The number of fused-ring (bicyclic) bond motifs is 1. The van der Waals surface area contributed by atoms with Crippen LogP contribution in [0.3, 0.4) is 0 Å². The van der Waals surface area contributed by atoms with Crippen LogP contribution in [0.15, 0.2) is 33.6 Å². The molecule has 6 heteroatoms. The highest BCUT2D eigenvalue weighted by atomic mass is 32.2. The van der Waals surface area contributed by atoms with Gasteiger partial charge in [0.25, 0.3) is 5.89 Å². The Bertz CT molecular complexity index is 616. The van der Waals surface area contributed by atoms with E-state index in [9.17, 15) is 4.79 Å². The van der Waals surface area contributed by atoms with Gasteiger partial charge in [-0.3, -0.25) is 4.79 Å². The number of esters is 1. The van der Waals surface area contributed by atoms with Crippen LogP contribution in [0.2, 0.25) is 0 Å². The summed E-state index contributed by atoms with van der Waals surface area (Å²) < 4.78 is 10.7. The highest BCUT2D eigenvalue weighted by Gasteiger charge is 2.31. The van der Waals surface area contributed by atoms with E-state index in [1.807, 2.05) is 24.3 Å². The Balaban J connectivity index is 1.64. The Morgan fingerprint density at radius 1 is 1.45 bits per heavy atom. The fraction of sp³-hybridized carbons (Fsp3) is 0.357. The summed E-state index contributed by atoms with van der Waals surface area (Å²) in [5.74, 6) is 0.552. The van der Waals surface area contributed by atoms with Gasteiger partial charge in [-0.2, -0.15) is 0 Å². The molecular formula is C14H14N2O3S. The van der Waals surface area contributed by atoms with Crippen LogP contribution in [0, 0.1) is 6.92 Å². The third kappa shape index (κ3) is 2.56. The molecule has 0 fully saturated rings. The van der Waals surface area contributed by atoms with Gasteiger partial charge in [-0.05, 0) is 25.0 Å². The van der Waals surface area contributed by atoms with Crippen molar-refractivity contribution in [1.82, 2.24) is 10.2 Å². The van der Waals surface area contributed by atoms with Crippen molar-refractivity contribution in [3.8, 4) is 0 Å². The molecule has 1 aliphatic heterocycles. The second-order valence-corrected chi connectivity index (χ2v) is 5.90. The van der Waals surface area contributed by atoms with E-state index in [1.54, 1.807) is 25.6 Å². The minimum Gasteiger partial charge on any atom is -0.452 e. The lowest BCUT2D eigenvalue weighted by Crippen LogP contribution is -2.21. The van der Waals surface area contributed by atoms with Crippen molar-refractivity contribution in [2.24, 2.45) is 0 Å². The van der Waals surface area contributed by atoms with E-state index in [2.05, 4.69) is 10.2 Å². The number of carbonyl (C=O) groups is 1. The lowest BCUT2D eigenvalue weighted by molar-refractivity contribution is -0.148. The van der Waals surface area contributed by atoms with Gasteiger partial charge in [0, 0.05) is 11.8 Å². The molecule has 1 aliphatic rings. The number of thioether (sulfide) groups is 1. The van der Waals surface area contributed by atoms with Crippen LogP contribution in [0.4, 0.5) is 0 Å². The van der Waals surface area contributed by atoms with Crippen LogP contribution in [0.1, 0.15) is 30.4 Å². The molecule has 0 N–H and O–H groups in total. The first-order chi connectivity index (χ1) is 9.63. The number of carbonyl (C=O) groups excluding carboxylic acids is 1. The maximum atomic E-state index is 12.2. The molecular weight excluding hydrogens is 276 g/mol. The molecule has 3 rings (SSSR count). The predicted molar refractivity (Wildman–Crippen MR) is 73.3 cm³/mol. The van der Waals surface area contributed by atoms with Crippen molar-refractivity contribution in [3.05, 3.63) is 41.6 Å². The van der Waals surface area contributed by atoms with Gasteiger partial charge in [0.15, 0.2) is 6.10 Å². The van der Waals surface area contributed by atoms with Gasteiger partial charge in [0.1, 0.15) is 5.25 Å². The maximum Gasteiger partial charge on any atom is 0.320 e. The third-order valence-electron chi connectivity index (χ3n) is 3.09. The molecule has 0 radical (unpaired) electrons. The first-order valence-electron chi connectivity index (χ1n) is 6.38. The van der Waals surface area contributed by atoms with Gasteiger partial charge in [-0.25, -0.2) is 0 Å². The minimum atomic E-state index is -0.520. The van der Waals surface area contributed by atoms with Crippen LogP contribution < -0.4 is 0 Å². The molecule has 0 saturated heterocycles. The zero-order valence-corrected chi connectivity index (χ0v) is 12.0. The lowest BCUT2D eigenvalue weighted by Gasteiger charge is -2.12. The summed E-state index contributed by atoms with van der Waals surface area (Å²) in [6, 6.07) is 8.03. The Kier molecular flexibility index (Phi) is 3.48. The number of ether oxygens (including phenoxy) is 1. The van der Waals surface area contributed by atoms with E-state index in [4.69, 9.17) is 9.15 Å². The van der Waals surface area contributed by atoms with Crippen LogP contribution in [-0.2, 0) is 16.0 Å². The Morgan fingerprint density at radius 2 is 2.25 bits per heavy atom. The highest BCUT2D eigenvalue weighted by Crippen LogP contribution is 2.37. The lowest BCUT2D eigenvalue weighted by atomic mass is 10.1. The van der Waals surface area contributed by atoms with Crippen LogP contribution in [0.5, 0.6) is 0 Å². The smallest absolute Gasteiger partial charge is 0.320 e. The van der Waals surface area contributed by atoms with Gasteiger partial charge < -0.3 is 9.15 Å². The van der Waals surface area contributed by atoms with Crippen molar-refractivity contribution < 1.29 is 13.9 Å². The number of benzene rings is 1. The summed E-state index contributed by atoms with van der Waals surface area (Å²) in [5, 5.41) is 7.40. The van der Waals surface area contributed by atoms with Crippen molar-refractivity contribution in [1.29, 1.82) is 0 Å². The van der Waals surface area contributed by atoms with E-state index in [-0.39, 0.29) is 11.2 Å². The highest BCUT2D eigenvalue weighted by molar-refractivity contribution is 8.01. The van der Waals surface area contributed by atoms with Gasteiger partial charge in [-0.15, -0.1) is 22.0 Å². The molecule has 104 valence electrons. The molecule has 0 saturated carbocycles. The summed E-state index contributed by atoms with van der Waals surface area (Å²) in [4.78, 5) is 13.3. The fourth-order valence-electron chi connectivity index (χ4n) is 2.09. The Labute approximate surface area is 120 Å². The number of hydrogen-bond donors (Lipinski definition) is 0. The summed E-state index contributed by atoms with van der Waals surface area (Å²) in [6.45, 7) is 3.44. The van der Waals surface area contributed by atoms with Crippen LogP contribution >= 0.6 is 11.8 Å². The number of aromatic nitrogens is 2. The minimum absolute atomic E-state index is 0.195.